The van der Waals surface area contributed by atoms with Crippen LogP contribution in [0.5, 0.6) is 5.75 Å². The van der Waals surface area contributed by atoms with Gasteiger partial charge in [-0.3, -0.25) is 4.79 Å². The van der Waals surface area contributed by atoms with Crippen molar-refractivity contribution in [3.05, 3.63) is 28.8 Å². The molecule has 0 N–H and O–H groups in total. The molecule has 3 nitrogen and oxygen atoms in total. The lowest BCUT2D eigenvalue weighted by atomic mass is 9.94. The molecule has 0 aromatic heterocycles. The van der Waals surface area contributed by atoms with E-state index < -0.39 is 0 Å². The van der Waals surface area contributed by atoms with Gasteiger partial charge in [0.25, 0.3) is 0 Å². The molecule has 1 unspecified atom stereocenters. The van der Waals surface area contributed by atoms with Crippen molar-refractivity contribution in [3.8, 4) is 5.75 Å². The molecule has 0 radical (unpaired) electrons. The van der Waals surface area contributed by atoms with E-state index in [9.17, 15) is 9.59 Å². The number of methoxy groups -OCH3 is 1. The summed E-state index contributed by atoms with van der Waals surface area (Å²) >= 11 is 6.00. The van der Waals surface area contributed by atoms with Gasteiger partial charge < -0.3 is 9.53 Å². The van der Waals surface area contributed by atoms with Gasteiger partial charge in [0.2, 0.25) is 0 Å². The molecule has 0 saturated heterocycles. The Hall–Kier alpha value is -1.35. The van der Waals surface area contributed by atoms with Crippen LogP contribution in [0, 0.1) is 5.92 Å². The fourth-order valence-corrected chi connectivity index (χ4v) is 1.94. The van der Waals surface area contributed by atoms with Gasteiger partial charge in [-0.05, 0) is 19.1 Å². The number of halogens is 1. The van der Waals surface area contributed by atoms with Crippen molar-refractivity contribution in [1.29, 1.82) is 0 Å². The maximum atomic E-state index is 12.2. The zero-order chi connectivity index (χ0) is 13.0. The molecule has 0 aliphatic carbocycles. The number of hydrogen-bond acceptors (Lipinski definition) is 3. The molecule has 0 fully saturated rings. The first-order valence-electron chi connectivity index (χ1n) is 5.33. The Labute approximate surface area is 106 Å². The first kappa shape index (κ1) is 13.7. The number of rotatable bonds is 5. The van der Waals surface area contributed by atoms with Crippen LogP contribution >= 0.6 is 11.6 Å². The molecule has 1 aromatic carbocycles. The molecule has 0 aliphatic rings. The second-order valence-electron chi connectivity index (χ2n) is 3.99. The van der Waals surface area contributed by atoms with E-state index in [0.29, 0.717) is 16.3 Å². The van der Waals surface area contributed by atoms with E-state index >= 15 is 0 Å². The van der Waals surface area contributed by atoms with Crippen LogP contribution in [0.3, 0.4) is 0 Å². The van der Waals surface area contributed by atoms with Crippen LogP contribution in [0.2, 0.25) is 5.02 Å². The van der Waals surface area contributed by atoms with Crippen LogP contribution in [0.1, 0.15) is 30.6 Å². The Morgan fingerprint density at radius 3 is 2.59 bits per heavy atom. The van der Waals surface area contributed by atoms with Crippen molar-refractivity contribution in [2.24, 2.45) is 5.92 Å². The van der Waals surface area contributed by atoms with Crippen molar-refractivity contribution < 1.29 is 14.3 Å². The maximum absolute atomic E-state index is 12.2. The lowest BCUT2D eigenvalue weighted by Gasteiger charge is -2.13. The normalized spacial score (nSPS) is 12.0. The monoisotopic (exact) mass is 254 g/mol. The largest absolute Gasteiger partial charge is 0.496 e. The third kappa shape index (κ3) is 3.30. The van der Waals surface area contributed by atoms with Gasteiger partial charge in [-0.2, -0.15) is 0 Å². The van der Waals surface area contributed by atoms with Crippen molar-refractivity contribution in [2.75, 3.05) is 7.11 Å². The molecule has 0 aliphatic heterocycles. The Kier molecular flexibility index (Phi) is 4.70. The van der Waals surface area contributed by atoms with Crippen LogP contribution in [0.25, 0.3) is 0 Å². The van der Waals surface area contributed by atoms with E-state index in [1.165, 1.54) is 14.0 Å². The van der Waals surface area contributed by atoms with Crippen LogP contribution in [-0.4, -0.2) is 18.7 Å². The number of ether oxygens (including phenoxy) is 1. The van der Waals surface area contributed by atoms with Gasteiger partial charge in [-0.25, -0.2) is 0 Å². The maximum Gasteiger partial charge on any atom is 0.171 e. The van der Waals surface area contributed by atoms with E-state index in [2.05, 4.69) is 0 Å². The molecular weight excluding hydrogens is 240 g/mol. The molecule has 0 heterocycles. The summed E-state index contributed by atoms with van der Waals surface area (Å²) < 4.78 is 5.11. The van der Waals surface area contributed by atoms with E-state index in [1.54, 1.807) is 25.1 Å². The van der Waals surface area contributed by atoms with E-state index in [1.807, 2.05) is 0 Å². The molecule has 1 atom stereocenters. The Morgan fingerprint density at radius 1 is 1.41 bits per heavy atom. The second-order valence-corrected chi connectivity index (χ2v) is 4.40. The van der Waals surface area contributed by atoms with Gasteiger partial charge in [0.1, 0.15) is 11.5 Å². The summed E-state index contributed by atoms with van der Waals surface area (Å²) in [7, 11) is 1.48. The number of carbonyl (C=O) groups is 2. The SMILES string of the molecule is COc1cccc(Cl)c1C(=O)C(C)CC(C)=O. The minimum Gasteiger partial charge on any atom is -0.496 e. The molecule has 1 rings (SSSR count). The minimum atomic E-state index is -0.388. The summed E-state index contributed by atoms with van der Waals surface area (Å²) in [6.07, 6.45) is 0.215. The number of ketones is 2. The topological polar surface area (TPSA) is 43.4 Å². The summed E-state index contributed by atoms with van der Waals surface area (Å²) in [4.78, 5) is 23.2. The van der Waals surface area contributed by atoms with Crippen LogP contribution in [-0.2, 0) is 4.79 Å². The van der Waals surface area contributed by atoms with E-state index in [0.717, 1.165) is 0 Å². The lowest BCUT2D eigenvalue weighted by Crippen LogP contribution is -2.15. The molecule has 17 heavy (non-hydrogen) atoms. The summed E-state index contributed by atoms with van der Waals surface area (Å²) in [5, 5.41) is 0.352. The van der Waals surface area contributed by atoms with Gasteiger partial charge >= 0.3 is 0 Å². The predicted octanol–water partition coefficient (Wildman–Crippen LogP) is 3.15. The second kappa shape index (κ2) is 5.82. The summed E-state index contributed by atoms with van der Waals surface area (Å²) in [6, 6.07) is 5.03. The third-order valence-electron chi connectivity index (χ3n) is 2.48. The fourth-order valence-electron chi connectivity index (χ4n) is 1.68. The van der Waals surface area contributed by atoms with Gasteiger partial charge in [0.05, 0.1) is 17.7 Å². The average molecular weight is 255 g/mol. The Bertz CT molecular complexity index is 440. The van der Waals surface area contributed by atoms with Crippen molar-refractivity contribution in [3.63, 3.8) is 0 Å². The smallest absolute Gasteiger partial charge is 0.171 e. The number of Topliss-reactive ketones (excluding diaryl/α,β-unsaturated/α-hetero) is 2. The third-order valence-corrected chi connectivity index (χ3v) is 2.80. The van der Waals surface area contributed by atoms with Gasteiger partial charge in [0, 0.05) is 12.3 Å². The average Bonchev–Trinajstić information content (AvgIpc) is 2.26. The van der Waals surface area contributed by atoms with Crippen molar-refractivity contribution in [1.82, 2.24) is 0 Å². The van der Waals surface area contributed by atoms with Crippen LogP contribution < -0.4 is 4.74 Å². The highest BCUT2D eigenvalue weighted by atomic mass is 35.5. The molecule has 0 bridgehead atoms. The van der Waals surface area contributed by atoms with Crippen LogP contribution in [0.15, 0.2) is 18.2 Å². The van der Waals surface area contributed by atoms with E-state index in [4.69, 9.17) is 16.3 Å². The first-order chi connectivity index (χ1) is 7.97. The highest BCUT2D eigenvalue weighted by Crippen LogP contribution is 2.29. The molecular formula is C13H15ClO3. The molecule has 0 amide bonds. The lowest BCUT2D eigenvalue weighted by molar-refractivity contribution is -0.117. The highest BCUT2D eigenvalue weighted by molar-refractivity contribution is 6.34. The highest BCUT2D eigenvalue weighted by Gasteiger charge is 2.22. The quantitative estimate of drug-likeness (QED) is 0.758. The van der Waals surface area contributed by atoms with Crippen molar-refractivity contribution >= 4 is 23.2 Å². The number of benzene rings is 1. The standard InChI is InChI=1S/C13H15ClO3/c1-8(7-9(2)15)13(16)12-10(14)5-4-6-11(12)17-3/h4-6,8H,7H2,1-3H3. The van der Waals surface area contributed by atoms with Gasteiger partial charge in [-0.15, -0.1) is 0 Å². The molecule has 1 aromatic rings. The Balaban J connectivity index is 3.07. The first-order valence-corrected chi connectivity index (χ1v) is 5.71. The summed E-state index contributed by atoms with van der Waals surface area (Å²) in [5.74, 6) is -0.126. The predicted molar refractivity (Wildman–Crippen MR) is 66.8 cm³/mol. The molecule has 4 heteroatoms. The van der Waals surface area contributed by atoms with E-state index in [-0.39, 0.29) is 23.9 Å². The fraction of sp³-hybridized carbons (Fsp3) is 0.385. The number of hydrogen-bond donors (Lipinski definition) is 0. The molecule has 0 spiro atoms. The molecule has 92 valence electrons. The van der Waals surface area contributed by atoms with Crippen molar-refractivity contribution in [2.45, 2.75) is 20.3 Å². The minimum absolute atomic E-state index is 0.0168. The summed E-state index contributed by atoms with van der Waals surface area (Å²) in [5.41, 5.74) is 0.352. The molecule has 0 saturated carbocycles. The van der Waals surface area contributed by atoms with Crippen LogP contribution in [0.4, 0.5) is 0 Å². The Morgan fingerprint density at radius 2 is 2.06 bits per heavy atom. The van der Waals surface area contributed by atoms with Gasteiger partial charge in [-0.1, -0.05) is 24.6 Å². The zero-order valence-corrected chi connectivity index (χ0v) is 10.9. The van der Waals surface area contributed by atoms with Gasteiger partial charge in [0.15, 0.2) is 5.78 Å². The number of carbonyl (C=O) groups excluding carboxylic acids is 2. The zero-order valence-electron chi connectivity index (χ0n) is 10.1. The summed E-state index contributed by atoms with van der Waals surface area (Å²) in [6.45, 7) is 3.18.